The number of fused-ring (bicyclic) bond motifs is 1. The van der Waals surface area contributed by atoms with Gasteiger partial charge in [-0.05, 0) is 29.2 Å². The molecule has 4 rings (SSSR count). The van der Waals surface area contributed by atoms with Crippen molar-refractivity contribution in [3.63, 3.8) is 0 Å². The second-order valence-corrected chi connectivity index (χ2v) is 7.01. The van der Waals surface area contributed by atoms with E-state index in [2.05, 4.69) is 57.7 Å². The Hall–Kier alpha value is -1.34. The van der Waals surface area contributed by atoms with Crippen molar-refractivity contribution in [1.29, 1.82) is 0 Å². The van der Waals surface area contributed by atoms with E-state index in [0.29, 0.717) is 5.41 Å². The van der Waals surface area contributed by atoms with Crippen molar-refractivity contribution in [3.05, 3.63) is 48.0 Å². The topological polar surface area (TPSA) is 36.9 Å². The predicted molar refractivity (Wildman–Crippen MR) is 114 cm³/mol. The van der Waals surface area contributed by atoms with Crippen LogP contribution in [0.1, 0.15) is 18.4 Å². The molecule has 0 aromatic heterocycles. The van der Waals surface area contributed by atoms with E-state index in [9.17, 15) is 0 Å². The molecule has 1 N–H and O–H groups in total. The molecule has 1 unspecified atom stereocenters. The van der Waals surface area contributed by atoms with Crippen LogP contribution < -0.4 is 5.32 Å². The molecule has 1 atom stereocenters. The van der Waals surface area contributed by atoms with Gasteiger partial charge in [-0.3, -0.25) is 4.99 Å². The maximum absolute atomic E-state index is 5.63. The number of rotatable bonds is 2. The summed E-state index contributed by atoms with van der Waals surface area (Å²) in [6.45, 7) is 4.74. The second-order valence-electron chi connectivity index (χ2n) is 7.01. The van der Waals surface area contributed by atoms with Crippen LogP contribution in [0.3, 0.4) is 0 Å². The first kappa shape index (κ1) is 18.5. The van der Waals surface area contributed by atoms with E-state index in [0.717, 1.165) is 38.8 Å². The summed E-state index contributed by atoms with van der Waals surface area (Å²) in [4.78, 5) is 6.90. The number of nitrogens with one attached hydrogen (secondary N) is 1. The van der Waals surface area contributed by atoms with Gasteiger partial charge in [0, 0.05) is 38.7 Å². The van der Waals surface area contributed by atoms with Crippen molar-refractivity contribution in [2.75, 3.05) is 33.4 Å². The lowest BCUT2D eigenvalue weighted by molar-refractivity contribution is 0.156. The number of guanidine groups is 1. The molecule has 2 saturated heterocycles. The van der Waals surface area contributed by atoms with Gasteiger partial charge in [-0.2, -0.15) is 0 Å². The van der Waals surface area contributed by atoms with Gasteiger partial charge in [0.15, 0.2) is 5.96 Å². The van der Waals surface area contributed by atoms with Gasteiger partial charge in [-0.1, -0.05) is 42.5 Å². The number of aliphatic imine (C=N–C) groups is 1. The number of nitrogens with zero attached hydrogens (tertiary/aromatic N) is 2. The van der Waals surface area contributed by atoms with E-state index in [1.165, 1.54) is 29.2 Å². The lowest BCUT2D eigenvalue weighted by atomic mass is 9.87. The summed E-state index contributed by atoms with van der Waals surface area (Å²) in [5, 5.41) is 6.16. The molecule has 5 heteroatoms. The minimum atomic E-state index is 0. The molecule has 2 aliphatic heterocycles. The zero-order valence-electron chi connectivity index (χ0n) is 14.7. The molecule has 0 aliphatic carbocycles. The Labute approximate surface area is 166 Å². The molecule has 25 heavy (non-hydrogen) atoms. The summed E-state index contributed by atoms with van der Waals surface area (Å²) < 4.78 is 5.63. The monoisotopic (exact) mass is 451 g/mol. The quantitative estimate of drug-likeness (QED) is 0.431. The van der Waals surface area contributed by atoms with Gasteiger partial charge in [0.05, 0.1) is 6.61 Å². The van der Waals surface area contributed by atoms with Crippen molar-refractivity contribution in [2.45, 2.75) is 19.4 Å². The van der Waals surface area contributed by atoms with Crippen molar-refractivity contribution >= 4 is 40.7 Å². The molecular weight excluding hydrogens is 425 g/mol. The SMILES string of the molecule is CN=C(NCc1cccc2ccccc12)N1CCC2(CCOC2)C1.I. The highest BCUT2D eigenvalue weighted by molar-refractivity contribution is 14.0. The highest BCUT2D eigenvalue weighted by atomic mass is 127. The predicted octanol–water partition coefficient (Wildman–Crippen LogP) is 3.65. The lowest BCUT2D eigenvalue weighted by Gasteiger charge is -2.25. The molecule has 134 valence electrons. The smallest absolute Gasteiger partial charge is 0.193 e. The highest BCUT2D eigenvalue weighted by Gasteiger charge is 2.42. The summed E-state index contributed by atoms with van der Waals surface area (Å²) in [5.41, 5.74) is 1.67. The zero-order chi connectivity index (χ0) is 16.4. The summed E-state index contributed by atoms with van der Waals surface area (Å²) in [5.74, 6) is 1.01. The van der Waals surface area contributed by atoms with Gasteiger partial charge < -0.3 is 15.0 Å². The van der Waals surface area contributed by atoms with Crippen molar-refractivity contribution in [3.8, 4) is 0 Å². The van der Waals surface area contributed by atoms with E-state index in [4.69, 9.17) is 4.74 Å². The van der Waals surface area contributed by atoms with Gasteiger partial charge in [0.25, 0.3) is 0 Å². The molecule has 2 heterocycles. The first-order chi connectivity index (χ1) is 11.8. The lowest BCUT2D eigenvalue weighted by Crippen LogP contribution is -2.41. The van der Waals surface area contributed by atoms with Gasteiger partial charge in [0.1, 0.15) is 0 Å². The first-order valence-corrected chi connectivity index (χ1v) is 8.80. The Morgan fingerprint density at radius 2 is 2.04 bits per heavy atom. The summed E-state index contributed by atoms with van der Waals surface area (Å²) in [6.07, 6.45) is 2.39. The Bertz CT molecular complexity index is 750. The van der Waals surface area contributed by atoms with E-state index in [-0.39, 0.29) is 24.0 Å². The maximum Gasteiger partial charge on any atom is 0.193 e. The van der Waals surface area contributed by atoms with Crippen molar-refractivity contribution in [1.82, 2.24) is 10.2 Å². The Balaban J connectivity index is 0.00000182. The van der Waals surface area contributed by atoms with Crippen molar-refractivity contribution in [2.24, 2.45) is 10.4 Å². The van der Waals surface area contributed by atoms with Gasteiger partial charge in [-0.15, -0.1) is 24.0 Å². The summed E-state index contributed by atoms with van der Waals surface area (Å²) in [6, 6.07) is 15.0. The molecule has 0 amide bonds. The average molecular weight is 451 g/mol. The first-order valence-electron chi connectivity index (χ1n) is 8.80. The molecule has 0 radical (unpaired) electrons. The third-order valence-corrected chi connectivity index (χ3v) is 5.45. The Morgan fingerprint density at radius 1 is 1.20 bits per heavy atom. The minimum Gasteiger partial charge on any atom is -0.381 e. The summed E-state index contributed by atoms with van der Waals surface area (Å²) in [7, 11) is 1.88. The minimum absolute atomic E-state index is 0. The second kappa shape index (κ2) is 7.91. The van der Waals surface area contributed by atoms with Gasteiger partial charge >= 0.3 is 0 Å². The maximum atomic E-state index is 5.63. The average Bonchev–Trinajstić information content (AvgIpc) is 3.26. The van der Waals surface area contributed by atoms with Gasteiger partial charge in [0.2, 0.25) is 0 Å². The van der Waals surface area contributed by atoms with Crippen LogP contribution in [0.25, 0.3) is 10.8 Å². The molecule has 2 aromatic rings. The molecule has 2 aliphatic rings. The van der Waals surface area contributed by atoms with Gasteiger partial charge in [-0.25, -0.2) is 0 Å². The third-order valence-electron chi connectivity index (χ3n) is 5.45. The largest absolute Gasteiger partial charge is 0.381 e. The van der Waals surface area contributed by atoms with E-state index in [1.54, 1.807) is 0 Å². The number of halogens is 1. The molecule has 2 aromatic carbocycles. The van der Waals surface area contributed by atoms with Crippen LogP contribution in [0.15, 0.2) is 47.5 Å². The number of hydrogen-bond acceptors (Lipinski definition) is 2. The Morgan fingerprint density at radius 3 is 2.84 bits per heavy atom. The molecule has 4 nitrogen and oxygen atoms in total. The van der Waals surface area contributed by atoms with Crippen LogP contribution in [-0.2, 0) is 11.3 Å². The van der Waals surface area contributed by atoms with Crippen LogP contribution >= 0.6 is 24.0 Å². The summed E-state index contributed by atoms with van der Waals surface area (Å²) >= 11 is 0. The molecule has 0 saturated carbocycles. The molecule has 0 bridgehead atoms. The standard InChI is InChI=1S/C20H25N3O.HI/c1-21-19(23-11-9-20(14-23)10-12-24-15-20)22-13-17-7-4-6-16-5-2-3-8-18(16)17;/h2-8H,9-15H2,1H3,(H,21,22);1H. The number of benzene rings is 2. The van der Waals surface area contributed by atoms with Crippen LogP contribution in [-0.4, -0.2) is 44.2 Å². The van der Waals surface area contributed by atoms with Crippen LogP contribution in [0.5, 0.6) is 0 Å². The fourth-order valence-electron chi connectivity index (χ4n) is 4.04. The molecule has 1 spiro atoms. The van der Waals surface area contributed by atoms with Crippen LogP contribution in [0, 0.1) is 5.41 Å². The Kier molecular flexibility index (Phi) is 5.84. The third kappa shape index (κ3) is 3.77. The normalized spacial score (nSPS) is 23.2. The number of hydrogen-bond donors (Lipinski definition) is 1. The van der Waals surface area contributed by atoms with E-state index >= 15 is 0 Å². The fraction of sp³-hybridized carbons (Fsp3) is 0.450. The molecule has 2 fully saturated rings. The van der Waals surface area contributed by atoms with Crippen molar-refractivity contribution < 1.29 is 4.74 Å². The van der Waals surface area contributed by atoms with E-state index in [1.807, 2.05) is 7.05 Å². The highest BCUT2D eigenvalue weighted by Crippen LogP contribution is 2.38. The molecular formula is C20H26IN3O. The van der Waals surface area contributed by atoms with Crippen LogP contribution in [0.4, 0.5) is 0 Å². The van der Waals surface area contributed by atoms with E-state index < -0.39 is 0 Å². The number of likely N-dealkylation sites (tertiary alicyclic amines) is 1. The number of ether oxygens (including phenoxy) is 1. The van der Waals surface area contributed by atoms with Crippen LogP contribution in [0.2, 0.25) is 0 Å². The zero-order valence-corrected chi connectivity index (χ0v) is 17.0. The fourth-order valence-corrected chi connectivity index (χ4v) is 4.04.